The lowest BCUT2D eigenvalue weighted by Crippen LogP contribution is -2.28. The molecule has 5 heteroatoms. The lowest BCUT2D eigenvalue weighted by molar-refractivity contribution is -0.123. The molecule has 0 aliphatic carbocycles. The maximum absolute atomic E-state index is 11.8. The molecule has 1 fully saturated rings. The molecule has 19 heavy (non-hydrogen) atoms. The minimum Gasteiger partial charge on any atom is -0.494 e. The lowest BCUT2D eigenvalue weighted by atomic mass is 10.1. The van der Waals surface area contributed by atoms with Gasteiger partial charge in [-0.05, 0) is 30.7 Å². The van der Waals surface area contributed by atoms with Crippen LogP contribution in [0.25, 0.3) is 0 Å². The Morgan fingerprint density at radius 3 is 2.63 bits per heavy atom. The standard InChI is InChI=1S/C14H18N2O3/c1-2-7-19-12-5-3-11(4-6-12)16-9-10(14(15)18)8-13(16)17/h3-6,10H,2,7-9H2,1H3,(H2,15,18). The Balaban J connectivity index is 2.06. The number of nitrogens with two attached hydrogens (primary N) is 1. The topological polar surface area (TPSA) is 72.6 Å². The Bertz CT molecular complexity index is 470. The van der Waals surface area contributed by atoms with Gasteiger partial charge in [-0.15, -0.1) is 0 Å². The molecule has 102 valence electrons. The highest BCUT2D eigenvalue weighted by Gasteiger charge is 2.33. The van der Waals surface area contributed by atoms with Crippen LogP contribution in [-0.2, 0) is 9.59 Å². The van der Waals surface area contributed by atoms with Crippen LogP contribution in [0.2, 0.25) is 0 Å². The first-order chi connectivity index (χ1) is 9.11. The van der Waals surface area contributed by atoms with E-state index >= 15 is 0 Å². The predicted molar refractivity (Wildman–Crippen MR) is 71.9 cm³/mol. The molecule has 5 nitrogen and oxygen atoms in total. The molecular formula is C14H18N2O3. The van der Waals surface area contributed by atoms with E-state index in [4.69, 9.17) is 10.5 Å². The smallest absolute Gasteiger partial charge is 0.227 e. The van der Waals surface area contributed by atoms with Crippen molar-refractivity contribution in [1.82, 2.24) is 0 Å². The van der Waals surface area contributed by atoms with E-state index in [0.29, 0.717) is 13.2 Å². The van der Waals surface area contributed by atoms with Crippen molar-refractivity contribution >= 4 is 17.5 Å². The first-order valence-corrected chi connectivity index (χ1v) is 6.44. The summed E-state index contributed by atoms with van der Waals surface area (Å²) >= 11 is 0. The van der Waals surface area contributed by atoms with Gasteiger partial charge >= 0.3 is 0 Å². The summed E-state index contributed by atoms with van der Waals surface area (Å²) < 4.78 is 5.48. The summed E-state index contributed by atoms with van der Waals surface area (Å²) in [5.41, 5.74) is 6.02. The van der Waals surface area contributed by atoms with E-state index in [1.165, 1.54) is 0 Å². The second kappa shape index (κ2) is 5.73. The Kier molecular flexibility index (Phi) is 4.04. The molecule has 2 rings (SSSR count). The van der Waals surface area contributed by atoms with Gasteiger partial charge in [-0.3, -0.25) is 9.59 Å². The van der Waals surface area contributed by atoms with Crippen LogP contribution < -0.4 is 15.4 Å². The van der Waals surface area contributed by atoms with Crippen molar-refractivity contribution in [1.29, 1.82) is 0 Å². The van der Waals surface area contributed by atoms with Gasteiger partial charge in [0.2, 0.25) is 11.8 Å². The Hall–Kier alpha value is -2.04. The summed E-state index contributed by atoms with van der Waals surface area (Å²) in [6, 6.07) is 7.31. The fourth-order valence-corrected chi connectivity index (χ4v) is 2.09. The van der Waals surface area contributed by atoms with Crippen molar-refractivity contribution in [2.75, 3.05) is 18.1 Å². The molecule has 1 saturated heterocycles. The van der Waals surface area contributed by atoms with E-state index in [-0.39, 0.29) is 18.2 Å². The van der Waals surface area contributed by atoms with Crippen molar-refractivity contribution < 1.29 is 14.3 Å². The van der Waals surface area contributed by atoms with Gasteiger partial charge < -0.3 is 15.4 Å². The summed E-state index contributed by atoms with van der Waals surface area (Å²) in [6.45, 7) is 3.08. The SMILES string of the molecule is CCCOc1ccc(N2CC(C(N)=O)CC2=O)cc1. The van der Waals surface area contributed by atoms with E-state index in [0.717, 1.165) is 17.9 Å². The second-order valence-corrected chi connectivity index (χ2v) is 4.65. The van der Waals surface area contributed by atoms with Crippen LogP contribution in [0.3, 0.4) is 0 Å². The number of carbonyl (C=O) groups is 2. The van der Waals surface area contributed by atoms with Crippen molar-refractivity contribution in [2.45, 2.75) is 19.8 Å². The Morgan fingerprint density at radius 2 is 2.11 bits per heavy atom. The zero-order valence-electron chi connectivity index (χ0n) is 11.0. The normalized spacial score (nSPS) is 18.7. The third-order valence-corrected chi connectivity index (χ3v) is 3.15. The number of primary amides is 1. The van der Waals surface area contributed by atoms with Gasteiger partial charge in [0, 0.05) is 18.7 Å². The fourth-order valence-electron chi connectivity index (χ4n) is 2.09. The molecule has 1 heterocycles. The highest BCUT2D eigenvalue weighted by atomic mass is 16.5. The average Bonchev–Trinajstić information content (AvgIpc) is 2.79. The van der Waals surface area contributed by atoms with Gasteiger partial charge in [-0.25, -0.2) is 0 Å². The molecule has 1 aliphatic heterocycles. The van der Waals surface area contributed by atoms with Gasteiger partial charge in [0.05, 0.1) is 12.5 Å². The maximum atomic E-state index is 11.8. The minimum atomic E-state index is -0.418. The molecular weight excluding hydrogens is 244 g/mol. The Morgan fingerprint density at radius 1 is 1.42 bits per heavy atom. The largest absolute Gasteiger partial charge is 0.494 e. The van der Waals surface area contributed by atoms with Gasteiger partial charge in [0.1, 0.15) is 5.75 Å². The van der Waals surface area contributed by atoms with Crippen LogP contribution in [0.4, 0.5) is 5.69 Å². The summed E-state index contributed by atoms with van der Waals surface area (Å²) in [5, 5.41) is 0. The average molecular weight is 262 g/mol. The predicted octanol–water partition coefficient (Wildman–Crippen LogP) is 1.31. The van der Waals surface area contributed by atoms with Gasteiger partial charge in [-0.2, -0.15) is 0 Å². The van der Waals surface area contributed by atoms with Gasteiger partial charge in [0.15, 0.2) is 0 Å². The van der Waals surface area contributed by atoms with Crippen molar-refractivity contribution in [3.63, 3.8) is 0 Å². The fraction of sp³-hybridized carbons (Fsp3) is 0.429. The van der Waals surface area contributed by atoms with Crippen molar-refractivity contribution in [2.24, 2.45) is 11.7 Å². The summed E-state index contributed by atoms with van der Waals surface area (Å²) in [6.07, 6.45) is 1.15. The molecule has 1 atom stereocenters. The molecule has 1 aromatic carbocycles. The molecule has 0 aromatic heterocycles. The van der Waals surface area contributed by atoms with Crippen molar-refractivity contribution in [3.8, 4) is 5.75 Å². The van der Waals surface area contributed by atoms with E-state index in [2.05, 4.69) is 0 Å². The quantitative estimate of drug-likeness (QED) is 0.869. The van der Waals surface area contributed by atoms with Crippen LogP contribution in [0.1, 0.15) is 19.8 Å². The highest BCUT2D eigenvalue weighted by molar-refractivity contribution is 6.00. The van der Waals surface area contributed by atoms with Crippen LogP contribution in [0, 0.1) is 5.92 Å². The first kappa shape index (κ1) is 13.4. The molecule has 0 radical (unpaired) electrons. The number of carbonyl (C=O) groups excluding carboxylic acids is 2. The number of hydrogen-bond acceptors (Lipinski definition) is 3. The summed E-state index contributed by atoms with van der Waals surface area (Å²) in [7, 11) is 0. The summed E-state index contributed by atoms with van der Waals surface area (Å²) in [4.78, 5) is 24.5. The number of benzene rings is 1. The summed E-state index contributed by atoms with van der Waals surface area (Å²) in [5.74, 6) is -0.0861. The van der Waals surface area contributed by atoms with E-state index in [9.17, 15) is 9.59 Å². The molecule has 0 spiro atoms. The monoisotopic (exact) mass is 262 g/mol. The zero-order valence-corrected chi connectivity index (χ0v) is 11.0. The van der Waals surface area contributed by atoms with Gasteiger partial charge in [0.25, 0.3) is 0 Å². The number of ether oxygens (including phenoxy) is 1. The van der Waals surface area contributed by atoms with Crippen LogP contribution in [-0.4, -0.2) is 25.0 Å². The molecule has 0 saturated carbocycles. The number of anilines is 1. The number of amides is 2. The maximum Gasteiger partial charge on any atom is 0.227 e. The molecule has 1 unspecified atom stereocenters. The van der Waals surface area contributed by atoms with E-state index < -0.39 is 5.91 Å². The second-order valence-electron chi connectivity index (χ2n) is 4.65. The number of nitrogens with zero attached hydrogens (tertiary/aromatic N) is 1. The van der Waals surface area contributed by atoms with Crippen LogP contribution in [0.5, 0.6) is 5.75 Å². The molecule has 1 aromatic rings. The Labute approximate surface area is 112 Å². The van der Waals surface area contributed by atoms with Crippen LogP contribution in [0.15, 0.2) is 24.3 Å². The number of hydrogen-bond donors (Lipinski definition) is 1. The molecule has 0 bridgehead atoms. The molecule has 2 amide bonds. The number of rotatable bonds is 5. The first-order valence-electron chi connectivity index (χ1n) is 6.44. The molecule has 2 N–H and O–H groups in total. The lowest BCUT2D eigenvalue weighted by Gasteiger charge is -2.16. The molecule has 1 aliphatic rings. The third kappa shape index (κ3) is 3.05. The van der Waals surface area contributed by atoms with Crippen LogP contribution >= 0.6 is 0 Å². The van der Waals surface area contributed by atoms with E-state index in [1.54, 1.807) is 4.90 Å². The highest BCUT2D eigenvalue weighted by Crippen LogP contribution is 2.26. The van der Waals surface area contributed by atoms with E-state index in [1.807, 2.05) is 31.2 Å². The third-order valence-electron chi connectivity index (χ3n) is 3.15. The van der Waals surface area contributed by atoms with Crippen molar-refractivity contribution in [3.05, 3.63) is 24.3 Å². The zero-order chi connectivity index (χ0) is 13.8. The minimum absolute atomic E-state index is 0.0639. The van der Waals surface area contributed by atoms with Gasteiger partial charge in [-0.1, -0.05) is 6.92 Å².